The number of halogens is 2. The van der Waals surface area contributed by atoms with E-state index in [2.05, 4.69) is 0 Å². The maximum Gasteiger partial charge on any atom is 0.410 e. The molecule has 2 rings (SSSR count). The number of rotatable bonds is 4. The Morgan fingerprint density at radius 2 is 1.96 bits per heavy atom. The fourth-order valence-electron chi connectivity index (χ4n) is 2.47. The Labute approximate surface area is 135 Å². The minimum absolute atomic E-state index is 0.0593. The van der Waals surface area contributed by atoms with E-state index in [0.29, 0.717) is 6.61 Å². The second kappa shape index (κ2) is 6.83. The third kappa shape index (κ3) is 5.46. The van der Waals surface area contributed by atoms with Gasteiger partial charge in [0, 0.05) is 6.42 Å². The molecular weight excluding hydrogens is 304 g/mol. The van der Waals surface area contributed by atoms with Crippen LogP contribution in [0, 0.1) is 0 Å². The number of nitrogens with zero attached hydrogens (tertiary/aromatic N) is 1. The molecule has 1 aromatic carbocycles. The van der Waals surface area contributed by atoms with Crippen LogP contribution in [0.1, 0.15) is 32.8 Å². The number of ether oxygens (including phenoxy) is 2. The van der Waals surface area contributed by atoms with Gasteiger partial charge >= 0.3 is 6.09 Å². The van der Waals surface area contributed by atoms with Gasteiger partial charge in [0.15, 0.2) is 0 Å². The molecule has 0 spiro atoms. The normalized spacial score (nSPS) is 20.6. The van der Waals surface area contributed by atoms with Crippen molar-refractivity contribution in [1.29, 1.82) is 0 Å². The third-order valence-corrected chi connectivity index (χ3v) is 3.43. The molecular formula is C17H23F2NO3. The minimum atomic E-state index is -2.91. The number of amides is 1. The molecule has 0 radical (unpaired) electrons. The minimum Gasteiger partial charge on any atom is -0.444 e. The van der Waals surface area contributed by atoms with E-state index in [-0.39, 0.29) is 6.61 Å². The van der Waals surface area contributed by atoms with Crippen molar-refractivity contribution in [2.24, 2.45) is 0 Å². The zero-order valence-electron chi connectivity index (χ0n) is 13.7. The van der Waals surface area contributed by atoms with Crippen LogP contribution in [0.2, 0.25) is 0 Å². The maximum absolute atomic E-state index is 13.7. The molecule has 1 aliphatic heterocycles. The molecule has 1 saturated heterocycles. The van der Waals surface area contributed by atoms with Crippen molar-refractivity contribution >= 4 is 6.09 Å². The van der Waals surface area contributed by atoms with Crippen LogP contribution in [0.25, 0.3) is 0 Å². The smallest absolute Gasteiger partial charge is 0.410 e. The molecule has 1 fully saturated rings. The van der Waals surface area contributed by atoms with E-state index in [9.17, 15) is 13.6 Å². The first-order valence-electron chi connectivity index (χ1n) is 7.65. The van der Waals surface area contributed by atoms with Gasteiger partial charge in [0.25, 0.3) is 5.92 Å². The zero-order chi connectivity index (χ0) is 17.1. The van der Waals surface area contributed by atoms with Crippen LogP contribution in [-0.4, -0.2) is 41.7 Å². The monoisotopic (exact) mass is 327 g/mol. The first-order valence-corrected chi connectivity index (χ1v) is 7.65. The predicted molar refractivity (Wildman–Crippen MR) is 82.4 cm³/mol. The van der Waals surface area contributed by atoms with Gasteiger partial charge in [0.05, 0.1) is 25.8 Å². The highest BCUT2D eigenvalue weighted by Gasteiger charge is 2.48. The number of hydrogen-bond acceptors (Lipinski definition) is 3. The van der Waals surface area contributed by atoms with E-state index in [1.54, 1.807) is 20.8 Å². The van der Waals surface area contributed by atoms with E-state index in [1.165, 1.54) is 0 Å². The third-order valence-electron chi connectivity index (χ3n) is 3.43. The summed E-state index contributed by atoms with van der Waals surface area (Å²) in [6.07, 6.45) is -1.12. The van der Waals surface area contributed by atoms with Gasteiger partial charge in [-0.3, -0.25) is 4.90 Å². The number of hydrogen-bond donors (Lipinski definition) is 0. The lowest BCUT2D eigenvalue weighted by atomic mass is 10.2. The zero-order valence-corrected chi connectivity index (χ0v) is 13.7. The Morgan fingerprint density at radius 3 is 2.57 bits per heavy atom. The van der Waals surface area contributed by atoms with Crippen molar-refractivity contribution in [3.05, 3.63) is 35.9 Å². The lowest BCUT2D eigenvalue weighted by molar-refractivity contribution is -0.00388. The summed E-state index contributed by atoms with van der Waals surface area (Å²) in [6.45, 7) is 4.89. The number of carbonyl (C=O) groups is 1. The summed E-state index contributed by atoms with van der Waals surface area (Å²) in [5, 5.41) is 0. The molecule has 1 aliphatic rings. The Bertz CT molecular complexity index is 528. The van der Waals surface area contributed by atoms with Gasteiger partial charge in [0.2, 0.25) is 0 Å². The number of carbonyl (C=O) groups excluding carboxylic acids is 1. The molecule has 23 heavy (non-hydrogen) atoms. The van der Waals surface area contributed by atoms with Crippen LogP contribution in [0.3, 0.4) is 0 Å². The predicted octanol–water partition coefficient (Wildman–Crippen LogP) is 3.85. The summed E-state index contributed by atoms with van der Waals surface area (Å²) in [7, 11) is 0. The molecule has 4 nitrogen and oxygen atoms in total. The standard InChI is InChI=1S/C17H23F2NO3/c1-16(2,3)23-15(21)20-12-17(18,19)9-14(20)11-22-10-13-7-5-4-6-8-13/h4-8,14H,9-12H2,1-3H3/t14-/m0/s1. The first-order chi connectivity index (χ1) is 10.7. The Morgan fingerprint density at radius 1 is 1.30 bits per heavy atom. The maximum atomic E-state index is 13.7. The second-order valence-electron chi connectivity index (χ2n) is 6.82. The van der Waals surface area contributed by atoms with Crippen LogP contribution in [0.15, 0.2) is 30.3 Å². The highest BCUT2D eigenvalue weighted by molar-refractivity contribution is 5.69. The lowest BCUT2D eigenvalue weighted by Gasteiger charge is -2.28. The Balaban J connectivity index is 1.93. The molecule has 1 amide bonds. The molecule has 0 bridgehead atoms. The molecule has 128 valence electrons. The van der Waals surface area contributed by atoms with Gasteiger partial charge in [-0.15, -0.1) is 0 Å². The average Bonchev–Trinajstić information content (AvgIpc) is 2.73. The molecule has 1 aromatic rings. The summed E-state index contributed by atoms with van der Waals surface area (Å²) in [4.78, 5) is 13.2. The number of likely N-dealkylation sites (tertiary alicyclic amines) is 1. The summed E-state index contributed by atoms with van der Waals surface area (Å²) >= 11 is 0. The molecule has 0 aliphatic carbocycles. The van der Waals surface area contributed by atoms with Gasteiger partial charge < -0.3 is 9.47 Å². The van der Waals surface area contributed by atoms with E-state index in [1.807, 2.05) is 30.3 Å². The summed E-state index contributed by atoms with van der Waals surface area (Å²) in [5.74, 6) is -2.91. The van der Waals surface area contributed by atoms with Gasteiger partial charge in [-0.05, 0) is 26.3 Å². The van der Waals surface area contributed by atoms with Gasteiger partial charge in [-0.25, -0.2) is 13.6 Å². The number of alkyl halides is 2. The van der Waals surface area contributed by atoms with E-state index in [4.69, 9.17) is 9.47 Å². The van der Waals surface area contributed by atoms with Crippen molar-refractivity contribution in [2.75, 3.05) is 13.2 Å². The summed E-state index contributed by atoms with van der Waals surface area (Å²) in [6, 6.07) is 8.78. The summed E-state index contributed by atoms with van der Waals surface area (Å²) < 4.78 is 38.1. The molecule has 1 atom stereocenters. The quantitative estimate of drug-likeness (QED) is 0.843. The SMILES string of the molecule is CC(C)(C)OC(=O)N1CC(F)(F)C[C@H]1COCc1ccccc1. The molecule has 0 aromatic heterocycles. The van der Waals surface area contributed by atoms with E-state index in [0.717, 1.165) is 10.5 Å². The van der Waals surface area contributed by atoms with Crippen molar-refractivity contribution in [3.8, 4) is 0 Å². The van der Waals surface area contributed by atoms with Crippen LogP contribution < -0.4 is 0 Å². The molecule has 1 heterocycles. The van der Waals surface area contributed by atoms with Crippen molar-refractivity contribution in [2.45, 2.75) is 51.4 Å². The Kier molecular flexibility index (Phi) is 5.24. The molecule has 6 heteroatoms. The fourth-order valence-corrected chi connectivity index (χ4v) is 2.47. The van der Waals surface area contributed by atoms with Crippen LogP contribution >= 0.6 is 0 Å². The highest BCUT2D eigenvalue weighted by atomic mass is 19.3. The lowest BCUT2D eigenvalue weighted by Crippen LogP contribution is -2.42. The molecule has 0 unspecified atom stereocenters. The van der Waals surface area contributed by atoms with Crippen molar-refractivity contribution < 1.29 is 23.0 Å². The average molecular weight is 327 g/mol. The van der Waals surface area contributed by atoms with Crippen molar-refractivity contribution in [1.82, 2.24) is 4.90 Å². The fraction of sp³-hybridized carbons (Fsp3) is 0.588. The number of benzene rings is 1. The van der Waals surface area contributed by atoms with Gasteiger partial charge in [-0.1, -0.05) is 30.3 Å². The van der Waals surface area contributed by atoms with Gasteiger partial charge in [0.1, 0.15) is 5.60 Å². The van der Waals surface area contributed by atoms with Crippen LogP contribution in [0.5, 0.6) is 0 Å². The largest absolute Gasteiger partial charge is 0.444 e. The Hall–Kier alpha value is -1.69. The highest BCUT2D eigenvalue weighted by Crippen LogP contribution is 2.33. The van der Waals surface area contributed by atoms with Crippen LogP contribution in [-0.2, 0) is 16.1 Å². The van der Waals surface area contributed by atoms with Gasteiger partial charge in [-0.2, -0.15) is 0 Å². The van der Waals surface area contributed by atoms with Crippen molar-refractivity contribution in [3.63, 3.8) is 0 Å². The van der Waals surface area contributed by atoms with E-state index < -0.39 is 36.6 Å². The molecule has 0 N–H and O–H groups in total. The molecule has 0 saturated carbocycles. The van der Waals surface area contributed by atoms with E-state index >= 15 is 0 Å². The second-order valence-corrected chi connectivity index (χ2v) is 6.82. The first kappa shape index (κ1) is 17.7. The van der Waals surface area contributed by atoms with Crippen LogP contribution in [0.4, 0.5) is 13.6 Å². The topological polar surface area (TPSA) is 38.8 Å². The summed E-state index contributed by atoms with van der Waals surface area (Å²) in [5.41, 5.74) is 0.241.